The summed E-state index contributed by atoms with van der Waals surface area (Å²) in [5.74, 6) is 0.976. The molecule has 0 bridgehead atoms. The summed E-state index contributed by atoms with van der Waals surface area (Å²) in [7, 11) is 3.98. The third-order valence-corrected chi connectivity index (χ3v) is 4.45. The van der Waals surface area contributed by atoms with E-state index in [-0.39, 0.29) is 0 Å². The SMILES string of the molecule is COCCN(C)CC1CCC2CCCCC2N1. The van der Waals surface area contributed by atoms with Crippen LogP contribution in [0.5, 0.6) is 0 Å². The van der Waals surface area contributed by atoms with Crippen LogP contribution in [-0.2, 0) is 4.74 Å². The van der Waals surface area contributed by atoms with E-state index in [0.29, 0.717) is 6.04 Å². The normalized spacial score (nSPS) is 33.7. The molecule has 0 spiro atoms. The highest BCUT2D eigenvalue weighted by atomic mass is 16.5. The van der Waals surface area contributed by atoms with Crippen LogP contribution in [0.25, 0.3) is 0 Å². The van der Waals surface area contributed by atoms with E-state index >= 15 is 0 Å². The topological polar surface area (TPSA) is 24.5 Å². The molecule has 3 nitrogen and oxygen atoms in total. The van der Waals surface area contributed by atoms with Gasteiger partial charge in [0.15, 0.2) is 0 Å². The maximum Gasteiger partial charge on any atom is 0.0589 e. The van der Waals surface area contributed by atoms with Crippen LogP contribution in [0.1, 0.15) is 38.5 Å². The Morgan fingerprint density at radius 1 is 1.18 bits per heavy atom. The zero-order valence-electron chi connectivity index (χ0n) is 11.5. The second kappa shape index (κ2) is 6.72. The zero-order valence-corrected chi connectivity index (χ0v) is 11.5. The average Bonchev–Trinajstić information content (AvgIpc) is 2.36. The average molecular weight is 240 g/mol. The van der Waals surface area contributed by atoms with Gasteiger partial charge in [-0.15, -0.1) is 0 Å². The Balaban J connectivity index is 1.71. The molecule has 1 aliphatic heterocycles. The largest absolute Gasteiger partial charge is 0.383 e. The lowest BCUT2D eigenvalue weighted by molar-refractivity contribution is 0.129. The van der Waals surface area contributed by atoms with E-state index in [1.165, 1.54) is 45.1 Å². The lowest BCUT2D eigenvalue weighted by atomic mass is 9.78. The van der Waals surface area contributed by atoms with Gasteiger partial charge in [0, 0.05) is 32.3 Å². The quantitative estimate of drug-likeness (QED) is 0.794. The van der Waals surface area contributed by atoms with E-state index in [2.05, 4.69) is 17.3 Å². The first-order chi connectivity index (χ1) is 8.29. The molecule has 2 rings (SSSR count). The summed E-state index contributed by atoms with van der Waals surface area (Å²) in [5, 5.41) is 3.88. The van der Waals surface area contributed by atoms with Gasteiger partial charge in [-0.25, -0.2) is 0 Å². The minimum Gasteiger partial charge on any atom is -0.383 e. The van der Waals surface area contributed by atoms with Gasteiger partial charge in [0.2, 0.25) is 0 Å². The number of likely N-dealkylation sites (N-methyl/N-ethyl adjacent to an activating group) is 1. The van der Waals surface area contributed by atoms with Crippen molar-refractivity contribution in [2.45, 2.75) is 50.6 Å². The molecule has 1 N–H and O–H groups in total. The Bertz CT molecular complexity index is 222. The van der Waals surface area contributed by atoms with Crippen molar-refractivity contribution in [2.24, 2.45) is 5.92 Å². The standard InChI is InChI=1S/C14H28N2O/c1-16(9-10-17-2)11-13-8-7-12-5-3-4-6-14(12)15-13/h12-15H,3-11H2,1-2H3. The van der Waals surface area contributed by atoms with E-state index in [1.54, 1.807) is 7.11 Å². The molecular formula is C14H28N2O. The van der Waals surface area contributed by atoms with Gasteiger partial charge in [0.25, 0.3) is 0 Å². The van der Waals surface area contributed by atoms with Gasteiger partial charge in [-0.2, -0.15) is 0 Å². The highest BCUT2D eigenvalue weighted by Gasteiger charge is 2.31. The third kappa shape index (κ3) is 3.94. The number of nitrogens with one attached hydrogen (secondary N) is 1. The fourth-order valence-electron chi connectivity index (χ4n) is 3.43. The highest BCUT2D eigenvalue weighted by Crippen LogP contribution is 2.32. The number of fused-ring (bicyclic) bond motifs is 1. The molecular weight excluding hydrogens is 212 g/mol. The molecule has 3 atom stereocenters. The number of hydrogen-bond donors (Lipinski definition) is 1. The van der Waals surface area contributed by atoms with Crippen molar-refractivity contribution in [1.29, 1.82) is 0 Å². The molecule has 1 heterocycles. The predicted octanol–water partition coefficient (Wildman–Crippen LogP) is 1.88. The first-order valence-corrected chi connectivity index (χ1v) is 7.23. The van der Waals surface area contributed by atoms with Gasteiger partial charge in [0.05, 0.1) is 6.61 Å². The van der Waals surface area contributed by atoms with Gasteiger partial charge in [0.1, 0.15) is 0 Å². The summed E-state index contributed by atoms with van der Waals surface area (Å²) in [4.78, 5) is 2.39. The van der Waals surface area contributed by atoms with Crippen LogP contribution in [0.2, 0.25) is 0 Å². The summed E-state index contributed by atoms with van der Waals surface area (Å²) in [5.41, 5.74) is 0. The molecule has 0 aromatic carbocycles. The van der Waals surface area contributed by atoms with Gasteiger partial charge in [-0.1, -0.05) is 12.8 Å². The van der Waals surface area contributed by atoms with Crippen LogP contribution in [0.3, 0.4) is 0 Å². The molecule has 1 aliphatic carbocycles. The van der Waals surface area contributed by atoms with Crippen molar-refractivity contribution in [2.75, 3.05) is 33.9 Å². The summed E-state index contributed by atoms with van der Waals surface area (Å²) < 4.78 is 5.13. The van der Waals surface area contributed by atoms with Crippen LogP contribution in [0.4, 0.5) is 0 Å². The van der Waals surface area contributed by atoms with E-state index in [0.717, 1.165) is 25.1 Å². The van der Waals surface area contributed by atoms with Crippen LogP contribution in [-0.4, -0.2) is 50.8 Å². The van der Waals surface area contributed by atoms with E-state index in [4.69, 9.17) is 4.74 Å². The number of ether oxygens (including phenoxy) is 1. The summed E-state index contributed by atoms with van der Waals surface area (Å²) in [6.45, 7) is 3.06. The van der Waals surface area contributed by atoms with Crippen LogP contribution >= 0.6 is 0 Å². The fourth-order valence-corrected chi connectivity index (χ4v) is 3.43. The maximum absolute atomic E-state index is 5.13. The minimum atomic E-state index is 0.705. The second-order valence-electron chi connectivity index (χ2n) is 5.85. The van der Waals surface area contributed by atoms with Gasteiger partial charge < -0.3 is 15.0 Å². The Hall–Kier alpha value is -0.120. The van der Waals surface area contributed by atoms with Gasteiger partial charge >= 0.3 is 0 Å². The lowest BCUT2D eigenvalue weighted by Gasteiger charge is -2.41. The molecule has 1 saturated heterocycles. The molecule has 2 aliphatic rings. The molecule has 0 aromatic rings. The Labute approximate surface area is 106 Å². The minimum absolute atomic E-state index is 0.705. The molecule has 3 unspecified atom stereocenters. The summed E-state index contributed by atoms with van der Waals surface area (Å²) >= 11 is 0. The van der Waals surface area contributed by atoms with Crippen molar-refractivity contribution in [3.63, 3.8) is 0 Å². The van der Waals surface area contributed by atoms with Crippen molar-refractivity contribution >= 4 is 0 Å². The molecule has 3 heteroatoms. The Morgan fingerprint density at radius 3 is 2.82 bits per heavy atom. The smallest absolute Gasteiger partial charge is 0.0589 e. The number of methoxy groups -OCH3 is 1. The van der Waals surface area contributed by atoms with E-state index < -0.39 is 0 Å². The molecule has 0 radical (unpaired) electrons. The van der Waals surface area contributed by atoms with E-state index in [1.807, 2.05) is 0 Å². The van der Waals surface area contributed by atoms with Crippen molar-refractivity contribution < 1.29 is 4.74 Å². The van der Waals surface area contributed by atoms with Crippen molar-refractivity contribution in [3.05, 3.63) is 0 Å². The number of rotatable bonds is 5. The van der Waals surface area contributed by atoms with Crippen molar-refractivity contribution in [1.82, 2.24) is 10.2 Å². The Kier molecular flexibility index (Phi) is 5.26. The highest BCUT2D eigenvalue weighted by molar-refractivity contribution is 4.90. The molecule has 0 amide bonds. The van der Waals surface area contributed by atoms with Crippen LogP contribution < -0.4 is 5.32 Å². The molecule has 1 saturated carbocycles. The van der Waals surface area contributed by atoms with Crippen LogP contribution in [0.15, 0.2) is 0 Å². The third-order valence-electron chi connectivity index (χ3n) is 4.45. The molecule has 17 heavy (non-hydrogen) atoms. The van der Waals surface area contributed by atoms with Crippen molar-refractivity contribution in [3.8, 4) is 0 Å². The van der Waals surface area contributed by atoms with Gasteiger partial charge in [-0.3, -0.25) is 0 Å². The fraction of sp³-hybridized carbons (Fsp3) is 1.00. The van der Waals surface area contributed by atoms with E-state index in [9.17, 15) is 0 Å². The molecule has 100 valence electrons. The number of hydrogen-bond acceptors (Lipinski definition) is 3. The number of nitrogens with zero attached hydrogens (tertiary/aromatic N) is 1. The summed E-state index contributed by atoms with van der Waals surface area (Å²) in [6, 6.07) is 1.52. The molecule has 2 fully saturated rings. The molecule has 0 aromatic heterocycles. The number of piperidine rings is 1. The predicted molar refractivity (Wildman–Crippen MR) is 71.3 cm³/mol. The lowest BCUT2D eigenvalue weighted by Crippen LogP contribution is -2.52. The first kappa shape index (κ1) is 13.3. The monoisotopic (exact) mass is 240 g/mol. The van der Waals surface area contributed by atoms with Crippen LogP contribution in [0, 0.1) is 5.92 Å². The zero-order chi connectivity index (χ0) is 12.1. The summed E-state index contributed by atoms with van der Waals surface area (Å²) in [6.07, 6.45) is 8.56. The maximum atomic E-state index is 5.13. The second-order valence-corrected chi connectivity index (χ2v) is 5.85. The van der Waals surface area contributed by atoms with Gasteiger partial charge in [-0.05, 0) is 38.6 Å². The Morgan fingerprint density at radius 2 is 2.00 bits per heavy atom. The first-order valence-electron chi connectivity index (χ1n) is 7.23.